The maximum atomic E-state index is 12.0. The van der Waals surface area contributed by atoms with E-state index in [0.717, 1.165) is 5.56 Å². The Morgan fingerprint density at radius 3 is 2.61 bits per heavy atom. The number of aliphatic imine (C=N–C) groups is 1. The van der Waals surface area contributed by atoms with Gasteiger partial charge in [-0.1, -0.05) is 12.1 Å². The van der Waals surface area contributed by atoms with Gasteiger partial charge in [0.1, 0.15) is 0 Å². The van der Waals surface area contributed by atoms with Crippen LogP contribution in [-0.2, 0) is 21.2 Å². The number of aromatic nitrogens is 1. The summed E-state index contributed by atoms with van der Waals surface area (Å²) in [4.78, 5) is 20.7. The van der Waals surface area contributed by atoms with Gasteiger partial charge in [-0.2, -0.15) is 0 Å². The molecular weight excluding hydrogens is 378 g/mol. The summed E-state index contributed by atoms with van der Waals surface area (Å²) in [5.74, 6) is 0.278. The number of carbonyl (C=O) groups is 1. The highest BCUT2D eigenvalue weighted by Crippen LogP contribution is 2.17. The van der Waals surface area contributed by atoms with Crippen LogP contribution in [0.1, 0.15) is 18.1 Å². The minimum atomic E-state index is -3.24. The number of nitrogens with zero attached hydrogens (tertiary/aromatic N) is 2. The second-order valence-electron chi connectivity index (χ2n) is 6.21. The van der Waals surface area contributed by atoms with E-state index in [1.165, 1.54) is 6.26 Å². The average Bonchev–Trinajstić information content (AvgIpc) is 2.64. The predicted octanol–water partition coefficient (Wildman–Crippen LogP) is 1.49. The Morgan fingerprint density at radius 1 is 1.21 bits per heavy atom. The van der Waals surface area contributed by atoms with E-state index in [4.69, 9.17) is 0 Å². The molecule has 3 N–H and O–H groups in total. The van der Waals surface area contributed by atoms with Crippen LogP contribution in [0.2, 0.25) is 0 Å². The Kier molecular flexibility index (Phi) is 7.51. The van der Waals surface area contributed by atoms with Gasteiger partial charge in [0.05, 0.1) is 29.9 Å². The summed E-state index contributed by atoms with van der Waals surface area (Å²) >= 11 is 0. The van der Waals surface area contributed by atoms with Crippen LogP contribution in [0.4, 0.5) is 5.69 Å². The molecule has 0 fully saturated rings. The molecule has 0 aliphatic rings. The third kappa shape index (κ3) is 6.66. The summed E-state index contributed by atoms with van der Waals surface area (Å²) in [6.07, 6.45) is 4.39. The van der Waals surface area contributed by atoms with Gasteiger partial charge in [0.15, 0.2) is 15.8 Å². The molecule has 0 radical (unpaired) electrons. The van der Waals surface area contributed by atoms with Gasteiger partial charge < -0.3 is 16.0 Å². The summed E-state index contributed by atoms with van der Waals surface area (Å²) in [6, 6.07) is 8.64. The van der Waals surface area contributed by atoms with E-state index in [9.17, 15) is 13.2 Å². The van der Waals surface area contributed by atoms with Crippen LogP contribution in [0, 0.1) is 6.92 Å². The number of benzene rings is 1. The van der Waals surface area contributed by atoms with Gasteiger partial charge >= 0.3 is 0 Å². The number of sulfone groups is 1. The quantitative estimate of drug-likeness (QED) is 0.477. The fourth-order valence-corrected chi connectivity index (χ4v) is 3.50. The fraction of sp³-hybridized carbons (Fsp3) is 0.316. The lowest BCUT2D eigenvalue weighted by atomic mass is 10.1. The van der Waals surface area contributed by atoms with Gasteiger partial charge in [0, 0.05) is 19.0 Å². The lowest BCUT2D eigenvalue weighted by molar-refractivity contribution is -0.115. The number of rotatable bonds is 7. The van der Waals surface area contributed by atoms with Gasteiger partial charge in [-0.25, -0.2) is 13.4 Å². The van der Waals surface area contributed by atoms with E-state index in [0.29, 0.717) is 35.2 Å². The van der Waals surface area contributed by atoms with Crippen molar-refractivity contribution in [1.29, 1.82) is 0 Å². The molecule has 0 unspecified atom stereocenters. The normalized spacial score (nSPS) is 11.8. The lowest BCUT2D eigenvalue weighted by Gasteiger charge is -2.12. The molecule has 2 aromatic rings. The van der Waals surface area contributed by atoms with Gasteiger partial charge in [-0.3, -0.25) is 9.78 Å². The Balaban J connectivity index is 1.98. The molecule has 9 heteroatoms. The van der Waals surface area contributed by atoms with Crippen LogP contribution in [0.5, 0.6) is 0 Å². The number of pyridine rings is 1. The summed E-state index contributed by atoms with van der Waals surface area (Å²) in [5.41, 5.74) is 2.18. The lowest BCUT2D eigenvalue weighted by Crippen LogP contribution is -2.41. The summed E-state index contributed by atoms with van der Waals surface area (Å²) in [5, 5.41) is 8.78. The Morgan fingerprint density at radius 2 is 2.00 bits per heavy atom. The zero-order valence-corrected chi connectivity index (χ0v) is 17.0. The number of amides is 1. The van der Waals surface area contributed by atoms with Crippen LogP contribution in [0.15, 0.2) is 52.6 Å². The van der Waals surface area contributed by atoms with Crippen molar-refractivity contribution in [2.75, 3.05) is 24.7 Å². The van der Waals surface area contributed by atoms with Crippen molar-refractivity contribution in [1.82, 2.24) is 15.6 Å². The van der Waals surface area contributed by atoms with Crippen molar-refractivity contribution >= 4 is 27.4 Å². The van der Waals surface area contributed by atoms with E-state index in [-0.39, 0.29) is 12.5 Å². The maximum Gasteiger partial charge on any atom is 0.243 e. The number of aryl methyl sites for hydroxylation is 1. The molecule has 0 saturated carbocycles. The second-order valence-corrected chi connectivity index (χ2v) is 8.19. The first-order chi connectivity index (χ1) is 13.3. The first kappa shape index (κ1) is 21.4. The van der Waals surface area contributed by atoms with Gasteiger partial charge in [0.25, 0.3) is 0 Å². The van der Waals surface area contributed by atoms with E-state index in [1.54, 1.807) is 49.6 Å². The number of carbonyl (C=O) groups excluding carboxylic acids is 1. The van der Waals surface area contributed by atoms with Crippen molar-refractivity contribution in [3.63, 3.8) is 0 Å². The molecule has 0 bridgehead atoms. The predicted molar refractivity (Wildman–Crippen MR) is 110 cm³/mol. The zero-order valence-electron chi connectivity index (χ0n) is 16.2. The maximum absolute atomic E-state index is 12.0. The minimum absolute atomic E-state index is 0.0484. The van der Waals surface area contributed by atoms with Crippen LogP contribution < -0.4 is 16.0 Å². The van der Waals surface area contributed by atoms with Crippen LogP contribution in [0.25, 0.3) is 0 Å². The van der Waals surface area contributed by atoms with Gasteiger partial charge in [-0.15, -0.1) is 0 Å². The van der Waals surface area contributed by atoms with Crippen molar-refractivity contribution in [3.8, 4) is 0 Å². The van der Waals surface area contributed by atoms with Gasteiger partial charge in [0.2, 0.25) is 5.91 Å². The van der Waals surface area contributed by atoms with Crippen molar-refractivity contribution in [2.24, 2.45) is 4.99 Å². The number of anilines is 1. The van der Waals surface area contributed by atoms with Crippen molar-refractivity contribution in [2.45, 2.75) is 25.3 Å². The van der Waals surface area contributed by atoms with Crippen molar-refractivity contribution < 1.29 is 13.2 Å². The minimum Gasteiger partial charge on any atom is -0.357 e. The molecule has 1 aromatic carbocycles. The molecule has 0 saturated heterocycles. The third-order valence-electron chi connectivity index (χ3n) is 3.76. The second kappa shape index (κ2) is 9.84. The Labute approximate surface area is 165 Å². The highest BCUT2D eigenvalue weighted by Gasteiger charge is 2.11. The molecule has 8 nitrogen and oxygen atoms in total. The molecule has 1 heterocycles. The van der Waals surface area contributed by atoms with Crippen molar-refractivity contribution in [3.05, 3.63) is 53.9 Å². The van der Waals surface area contributed by atoms with Crippen LogP contribution in [0.3, 0.4) is 0 Å². The van der Waals surface area contributed by atoms with E-state index >= 15 is 0 Å². The largest absolute Gasteiger partial charge is 0.357 e. The van der Waals surface area contributed by atoms with E-state index in [2.05, 4.69) is 25.9 Å². The monoisotopic (exact) mass is 403 g/mol. The fourth-order valence-electron chi connectivity index (χ4n) is 2.54. The highest BCUT2D eigenvalue weighted by molar-refractivity contribution is 7.90. The van der Waals surface area contributed by atoms with Gasteiger partial charge in [-0.05, 0) is 43.2 Å². The molecule has 1 amide bonds. The summed E-state index contributed by atoms with van der Waals surface area (Å²) in [6.45, 7) is 4.73. The number of hydrogen-bond acceptors (Lipinski definition) is 5. The smallest absolute Gasteiger partial charge is 0.243 e. The standard InChI is InChI=1S/C19H25N5O3S/c1-4-21-19(23-13-18(25)24-16-6-5-9-20-12-16)22-11-15-7-8-17(14(2)10-15)28(3,26)27/h5-10,12H,4,11,13H2,1-3H3,(H,24,25)(H2,21,22,23). The van der Waals surface area contributed by atoms with Crippen LogP contribution in [-0.4, -0.2) is 44.6 Å². The van der Waals surface area contributed by atoms with E-state index < -0.39 is 9.84 Å². The molecule has 1 aromatic heterocycles. The number of guanidine groups is 1. The molecule has 0 atom stereocenters. The summed E-state index contributed by atoms with van der Waals surface area (Å²) < 4.78 is 23.4. The molecular formula is C19H25N5O3S. The number of hydrogen-bond donors (Lipinski definition) is 3. The molecule has 2 rings (SSSR count). The Hall–Kier alpha value is -2.94. The molecule has 150 valence electrons. The molecule has 28 heavy (non-hydrogen) atoms. The first-order valence-corrected chi connectivity index (χ1v) is 10.7. The van der Waals surface area contributed by atoms with Crippen LogP contribution >= 0.6 is 0 Å². The molecule has 0 aliphatic heterocycles. The third-order valence-corrected chi connectivity index (χ3v) is 5.02. The molecule has 0 aliphatic carbocycles. The zero-order chi connectivity index (χ0) is 20.6. The van der Waals surface area contributed by atoms with E-state index in [1.807, 2.05) is 6.92 Å². The topological polar surface area (TPSA) is 113 Å². The SMILES string of the molecule is CCNC(=NCc1ccc(S(C)(=O)=O)c(C)c1)NCC(=O)Nc1cccnc1. The molecule has 0 spiro atoms. The highest BCUT2D eigenvalue weighted by atomic mass is 32.2. The Bertz CT molecular complexity index is 943. The number of nitrogens with one attached hydrogen (secondary N) is 3. The first-order valence-electron chi connectivity index (χ1n) is 8.81. The summed E-state index contributed by atoms with van der Waals surface area (Å²) in [7, 11) is -3.24. The average molecular weight is 404 g/mol.